The number of nitrogens with one attached hydrogen (secondary N) is 2. The molecule has 2 aromatic carbocycles. The average molecular weight is 364 g/mol. The Kier molecular flexibility index (Phi) is 5.33. The van der Waals surface area contributed by atoms with Crippen molar-refractivity contribution in [3.8, 4) is 17.6 Å². The molecule has 0 atom stereocenters. The number of para-hydroxylation sites is 1. The summed E-state index contributed by atoms with van der Waals surface area (Å²) in [5, 5.41) is 15.8. The van der Waals surface area contributed by atoms with Crippen molar-refractivity contribution in [1.82, 2.24) is 5.43 Å². The average Bonchev–Trinajstić information content (AvgIpc) is 2.70. The lowest BCUT2D eigenvalue weighted by Crippen LogP contribution is -2.26. The van der Waals surface area contributed by atoms with Crippen molar-refractivity contribution in [2.45, 2.75) is 6.92 Å². The van der Waals surface area contributed by atoms with Gasteiger partial charge in [0, 0.05) is 0 Å². The van der Waals surface area contributed by atoms with Crippen molar-refractivity contribution in [2.24, 2.45) is 5.10 Å². The van der Waals surface area contributed by atoms with E-state index in [0.29, 0.717) is 28.5 Å². The molecular weight excluding hydrogens is 348 g/mol. The molecule has 8 heteroatoms. The van der Waals surface area contributed by atoms with Crippen LogP contribution in [0.25, 0.3) is 0 Å². The van der Waals surface area contributed by atoms with E-state index in [2.05, 4.69) is 15.8 Å². The number of hydrogen-bond donors (Lipinski definition) is 2. The monoisotopic (exact) mass is 364 g/mol. The van der Waals surface area contributed by atoms with Crippen LogP contribution in [0.4, 0.5) is 5.69 Å². The normalized spacial score (nSPS) is 12.9. The van der Waals surface area contributed by atoms with Gasteiger partial charge in [0.05, 0.1) is 17.0 Å². The van der Waals surface area contributed by atoms with Crippen LogP contribution >= 0.6 is 0 Å². The second-order valence-corrected chi connectivity index (χ2v) is 5.68. The molecule has 1 heterocycles. The van der Waals surface area contributed by atoms with Gasteiger partial charge in [-0.15, -0.1) is 0 Å². The molecule has 27 heavy (non-hydrogen) atoms. The van der Waals surface area contributed by atoms with Gasteiger partial charge in [0.25, 0.3) is 11.8 Å². The van der Waals surface area contributed by atoms with Crippen molar-refractivity contribution < 1.29 is 19.1 Å². The van der Waals surface area contributed by atoms with E-state index >= 15 is 0 Å². The number of anilines is 1. The second kappa shape index (κ2) is 8.01. The number of hydrogen-bond acceptors (Lipinski definition) is 6. The molecule has 1 aliphatic heterocycles. The molecule has 0 spiro atoms. The van der Waals surface area contributed by atoms with Crippen LogP contribution in [0.15, 0.2) is 47.6 Å². The Hall–Kier alpha value is -3.86. The molecule has 2 aromatic rings. The molecule has 0 aromatic heterocycles. The van der Waals surface area contributed by atoms with Crippen LogP contribution in [-0.2, 0) is 9.59 Å². The molecule has 1 aliphatic rings. The van der Waals surface area contributed by atoms with E-state index in [9.17, 15) is 9.59 Å². The Morgan fingerprint density at radius 3 is 3.00 bits per heavy atom. The first-order chi connectivity index (χ1) is 13.1. The molecule has 0 radical (unpaired) electrons. The van der Waals surface area contributed by atoms with E-state index in [4.69, 9.17) is 14.7 Å². The summed E-state index contributed by atoms with van der Waals surface area (Å²) in [5.74, 6) is 0.232. The number of nitriles is 1. The third kappa shape index (κ3) is 4.41. The molecule has 0 saturated carbocycles. The highest BCUT2D eigenvalue weighted by Gasteiger charge is 2.16. The van der Waals surface area contributed by atoms with Crippen LogP contribution < -0.4 is 20.2 Å². The number of rotatable bonds is 5. The van der Waals surface area contributed by atoms with Crippen LogP contribution in [0.3, 0.4) is 0 Å². The fraction of sp³-hybridized carbons (Fsp3) is 0.158. The van der Waals surface area contributed by atoms with Gasteiger partial charge < -0.3 is 14.8 Å². The molecule has 0 saturated heterocycles. The molecule has 3 rings (SSSR count). The van der Waals surface area contributed by atoms with Crippen LogP contribution in [0.2, 0.25) is 0 Å². The van der Waals surface area contributed by atoms with Gasteiger partial charge in [-0.3, -0.25) is 9.59 Å². The van der Waals surface area contributed by atoms with E-state index in [-0.39, 0.29) is 19.1 Å². The second-order valence-electron chi connectivity index (χ2n) is 5.68. The predicted molar refractivity (Wildman–Crippen MR) is 97.6 cm³/mol. The van der Waals surface area contributed by atoms with Gasteiger partial charge in [0.1, 0.15) is 17.6 Å². The summed E-state index contributed by atoms with van der Waals surface area (Å²) >= 11 is 0. The van der Waals surface area contributed by atoms with Gasteiger partial charge in [-0.1, -0.05) is 12.1 Å². The largest absolute Gasteiger partial charge is 0.482 e. The van der Waals surface area contributed by atoms with E-state index in [0.717, 1.165) is 5.56 Å². The summed E-state index contributed by atoms with van der Waals surface area (Å²) in [6, 6.07) is 13.9. The molecule has 136 valence electrons. The van der Waals surface area contributed by atoms with Crippen LogP contribution in [0.1, 0.15) is 18.1 Å². The summed E-state index contributed by atoms with van der Waals surface area (Å²) in [5.41, 5.74) is 4.57. The maximum Gasteiger partial charge on any atom is 0.277 e. The van der Waals surface area contributed by atoms with Gasteiger partial charge in [-0.05, 0) is 42.8 Å². The highest BCUT2D eigenvalue weighted by Crippen LogP contribution is 2.28. The standard InChI is InChI=1S/C19H16N4O4/c1-12(13-6-7-17-15(8-13)21-18(24)10-27-17)22-23-19(25)11-26-16-5-3-2-4-14(16)9-20/h2-8H,10-11H2,1H3,(H,21,24)(H,23,25)/b22-12-. The van der Waals surface area contributed by atoms with Gasteiger partial charge in [-0.2, -0.15) is 10.4 Å². The SMILES string of the molecule is C/C(=N/NC(=O)COc1ccccc1C#N)c1ccc2c(c1)NC(=O)CO2. The molecule has 0 bridgehead atoms. The Balaban J connectivity index is 1.60. The predicted octanol–water partition coefficient (Wildman–Crippen LogP) is 1.81. The first kappa shape index (κ1) is 17.9. The molecule has 2 N–H and O–H groups in total. The lowest BCUT2D eigenvalue weighted by molar-refractivity contribution is -0.123. The summed E-state index contributed by atoms with van der Waals surface area (Å²) in [7, 11) is 0. The molecule has 8 nitrogen and oxygen atoms in total. The molecular formula is C19H16N4O4. The minimum Gasteiger partial charge on any atom is -0.482 e. The Bertz CT molecular complexity index is 962. The number of amides is 2. The maximum absolute atomic E-state index is 11.9. The van der Waals surface area contributed by atoms with E-state index < -0.39 is 5.91 Å². The first-order valence-electron chi connectivity index (χ1n) is 8.09. The van der Waals surface area contributed by atoms with Gasteiger partial charge >= 0.3 is 0 Å². The quantitative estimate of drug-likeness (QED) is 0.620. The van der Waals surface area contributed by atoms with Gasteiger partial charge in [-0.25, -0.2) is 5.43 Å². The number of carbonyl (C=O) groups is 2. The Labute approximate surface area is 155 Å². The Morgan fingerprint density at radius 1 is 1.37 bits per heavy atom. The number of nitrogens with zero attached hydrogens (tertiary/aromatic N) is 2. The third-order valence-electron chi connectivity index (χ3n) is 3.74. The minimum atomic E-state index is -0.461. The lowest BCUT2D eigenvalue weighted by atomic mass is 10.1. The number of hydrazone groups is 1. The highest BCUT2D eigenvalue weighted by atomic mass is 16.5. The van der Waals surface area contributed by atoms with Crippen molar-refractivity contribution >= 4 is 23.2 Å². The highest BCUT2D eigenvalue weighted by molar-refractivity contribution is 6.02. The Morgan fingerprint density at radius 2 is 2.19 bits per heavy atom. The lowest BCUT2D eigenvalue weighted by Gasteiger charge is -2.18. The molecule has 0 aliphatic carbocycles. The summed E-state index contributed by atoms with van der Waals surface area (Å²) in [6.45, 7) is 1.44. The number of ether oxygens (including phenoxy) is 2. The van der Waals surface area contributed by atoms with Crippen molar-refractivity contribution in [3.63, 3.8) is 0 Å². The minimum absolute atomic E-state index is 0.00952. The number of fused-ring (bicyclic) bond motifs is 1. The van der Waals surface area contributed by atoms with Crippen molar-refractivity contribution in [3.05, 3.63) is 53.6 Å². The molecule has 2 amide bonds. The van der Waals surface area contributed by atoms with Crippen LogP contribution in [0, 0.1) is 11.3 Å². The van der Waals surface area contributed by atoms with E-state index in [1.165, 1.54) is 0 Å². The van der Waals surface area contributed by atoms with Crippen LogP contribution in [-0.4, -0.2) is 30.7 Å². The number of benzene rings is 2. The zero-order valence-electron chi connectivity index (χ0n) is 14.5. The molecule has 0 fully saturated rings. The zero-order valence-corrected chi connectivity index (χ0v) is 14.5. The third-order valence-corrected chi connectivity index (χ3v) is 3.74. The van der Waals surface area contributed by atoms with Gasteiger partial charge in [0.15, 0.2) is 13.2 Å². The number of carbonyl (C=O) groups excluding carboxylic acids is 2. The van der Waals surface area contributed by atoms with E-state index in [1.54, 1.807) is 49.4 Å². The smallest absolute Gasteiger partial charge is 0.277 e. The van der Waals surface area contributed by atoms with Crippen LogP contribution in [0.5, 0.6) is 11.5 Å². The summed E-state index contributed by atoms with van der Waals surface area (Å²) in [4.78, 5) is 23.3. The zero-order chi connectivity index (χ0) is 19.2. The maximum atomic E-state index is 11.9. The molecule has 0 unspecified atom stereocenters. The first-order valence-corrected chi connectivity index (χ1v) is 8.09. The van der Waals surface area contributed by atoms with E-state index in [1.807, 2.05) is 6.07 Å². The van der Waals surface area contributed by atoms with Crippen molar-refractivity contribution in [1.29, 1.82) is 5.26 Å². The van der Waals surface area contributed by atoms with Crippen molar-refractivity contribution in [2.75, 3.05) is 18.5 Å². The van der Waals surface area contributed by atoms with Gasteiger partial charge in [0.2, 0.25) is 0 Å². The fourth-order valence-corrected chi connectivity index (χ4v) is 2.38. The summed E-state index contributed by atoms with van der Waals surface area (Å²) < 4.78 is 10.6. The summed E-state index contributed by atoms with van der Waals surface area (Å²) in [6.07, 6.45) is 0. The fourth-order valence-electron chi connectivity index (χ4n) is 2.38. The topological polar surface area (TPSA) is 113 Å².